The van der Waals surface area contributed by atoms with Gasteiger partial charge in [-0.2, -0.15) is 0 Å². The molecule has 26 heavy (non-hydrogen) atoms. The maximum atomic E-state index is 12.5. The first kappa shape index (κ1) is 18.5. The topological polar surface area (TPSA) is 81.2 Å². The molecular formula is C17H22N4O4S. The van der Waals surface area contributed by atoms with Gasteiger partial charge in [-0.1, -0.05) is 6.07 Å². The molecule has 8 nitrogen and oxygen atoms in total. The van der Waals surface area contributed by atoms with Crippen molar-refractivity contribution in [3.05, 3.63) is 22.4 Å². The predicted molar refractivity (Wildman–Crippen MR) is 95.3 cm³/mol. The monoisotopic (exact) mass is 378 g/mol. The molecule has 2 aliphatic heterocycles. The third-order valence-corrected chi connectivity index (χ3v) is 5.44. The van der Waals surface area contributed by atoms with E-state index in [9.17, 15) is 19.2 Å². The second-order valence-corrected chi connectivity index (χ2v) is 7.71. The van der Waals surface area contributed by atoms with Crippen LogP contribution in [-0.4, -0.2) is 82.1 Å². The highest BCUT2D eigenvalue weighted by atomic mass is 32.1. The van der Waals surface area contributed by atoms with E-state index in [2.05, 4.69) is 11.0 Å². The number of rotatable bonds is 5. The molecular weight excluding hydrogens is 356 g/mol. The lowest BCUT2D eigenvalue weighted by Crippen LogP contribution is -2.51. The molecule has 9 heteroatoms. The van der Waals surface area contributed by atoms with Gasteiger partial charge in [0, 0.05) is 43.6 Å². The molecule has 2 aliphatic rings. The molecule has 0 aromatic carbocycles. The van der Waals surface area contributed by atoms with Crippen molar-refractivity contribution >= 4 is 35.1 Å². The molecule has 0 atom stereocenters. The minimum absolute atomic E-state index is 0.305. The van der Waals surface area contributed by atoms with E-state index in [1.165, 1.54) is 4.88 Å². The Morgan fingerprint density at radius 3 is 2.35 bits per heavy atom. The lowest BCUT2D eigenvalue weighted by molar-refractivity contribution is -0.145. The SMILES string of the molecule is CC(C)N1C(=O)C(=O)N(CC(=O)N2CCN(Cc3cccs3)CC2)C1=O. The summed E-state index contributed by atoms with van der Waals surface area (Å²) in [5, 5.41) is 2.04. The molecule has 140 valence electrons. The van der Waals surface area contributed by atoms with Crippen molar-refractivity contribution in [1.82, 2.24) is 19.6 Å². The van der Waals surface area contributed by atoms with Crippen LogP contribution in [0.2, 0.25) is 0 Å². The van der Waals surface area contributed by atoms with Crippen LogP contribution < -0.4 is 0 Å². The minimum Gasteiger partial charge on any atom is -0.339 e. The number of amides is 5. The molecule has 0 aliphatic carbocycles. The molecule has 1 aromatic heterocycles. The second-order valence-electron chi connectivity index (χ2n) is 6.68. The largest absolute Gasteiger partial charge is 0.339 e. The van der Waals surface area contributed by atoms with Gasteiger partial charge >= 0.3 is 17.8 Å². The zero-order valence-corrected chi connectivity index (χ0v) is 15.7. The Hall–Kier alpha value is -2.26. The van der Waals surface area contributed by atoms with Crippen LogP contribution in [0.15, 0.2) is 17.5 Å². The first-order chi connectivity index (χ1) is 12.4. The quantitative estimate of drug-likeness (QED) is 0.553. The molecule has 0 N–H and O–H groups in total. The Morgan fingerprint density at radius 1 is 1.12 bits per heavy atom. The summed E-state index contributed by atoms with van der Waals surface area (Å²) in [6.07, 6.45) is 0. The van der Waals surface area contributed by atoms with Gasteiger partial charge in [0.1, 0.15) is 6.54 Å². The van der Waals surface area contributed by atoms with Crippen molar-refractivity contribution in [3.8, 4) is 0 Å². The Balaban J connectivity index is 1.54. The average molecular weight is 378 g/mol. The molecule has 5 amide bonds. The van der Waals surface area contributed by atoms with Crippen LogP contribution in [0.4, 0.5) is 4.79 Å². The van der Waals surface area contributed by atoms with Crippen molar-refractivity contribution in [2.45, 2.75) is 26.4 Å². The second kappa shape index (κ2) is 7.55. The summed E-state index contributed by atoms with van der Waals surface area (Å²) in [6, 6.07) is 2.98. The van der Waals surface area contributed by atoms with E-state index in [4.69, 9.17) is 0 Å². The van der Waals surface area contributed by atoms with Gasteiger partial charge in [-0.05, 0) is 25.3 Å². The van der Waals surface area contributed by atoms with Crippen LogP contribution >= 0.6 is 11.3 Å². The number of hydrogen-bond acceptors (Lipinski definition) is 6. The summed E-state index contributed by atoms with van der Waals surface area (Å²) >= 11 is 1.71. The highest BCUT2D eigenvalue weighted by Gasteiger charge is 2.46. The first-order valence-corrected chi connectivity index (χ1v) is 9.48. The van der Waals surface area contributed by atoms with E-state index in [0.717, 1.165) is 29.4 Å². The lowest BCUT2D eigenvalue weighted by atomic mass is 10.3. The third kappa shape index (κ3) is 3.63. The molecule has 3 rings (SSSR count). The van der Waals surface area contributed by atoms with Gasteiger partial charge in [-0.3, -0.25) is 24.2 Å². The highest BCUT2D eigenvalue weighted by molar-refractivity contribution is 7.09. The van der Waals surface area contributed by atoms with Crippen molar-refractivity contribution in [2.24, 2.45) is 0 Å². The van der Waals surface area contributed by atoms with Crippen LogP contribution in [0.5, 0.6) is 0 Å². The molecule has 0 spiro atoms. The van der Waals surface area contributed by atoms with Crippen LogP contribution in [0.25, 0.3) is 0 Å². The van der Waals surface area contributed by atoms with Crippen LogP contribution in [0.3, 0.4) is 0 Å². The smallest absolute Gasteiger partial charge is 0.334 e. The Kier molecular flexibility index (Phi) is 5.38. The van der Waals surface area contributed by atoms with E-state index < -0.39 is 23.9 Å². The van der Waals surface area contributed by atoms with E-state index in [1.807, 2.05) is 11.4 Å². The van der Waals surface area contributed by atoms with Crippen LogP contribution in [0.1, 0.15) is 18.7 Å². The maximum absolute atomic E-state index is 12.5. The van der Waals surface area contributed by atoms with Crippen molar-refractivity contribution in [3.63, 3.8) is 0 Å². The maximum Gasteiger partial charge on any atom is 0.334 e. The van der Waals surface area contributed by atoms with Gasteiger partial charge in [0.2, 0.25) is 5.91 Å². The fourth-order valence-corrected chi connectivity index (χ4v) is 3.88. The van der Waals surface area contributed by atoms with Gasteiger partial charge in [-0.25, -0.2) is 9.69 Å². The molecule has 0 radical (unpaired) electrons. The Bertz CT molecular complexity index is 710. The fourth-order valence-electron chi connectivity index (χ4n) is 3.13. The van der Waals surface area contributed by atoms with E-state index >= 15 is 0 Å². The fraction of sp³-hybridized carbons (Fsp3) is 0.529. The molecule has 0 unspecified atom stereocenters. The van der Waals surface area contributed by atoms with Gasteiger partial charge in [0.15, 0.2) is 0 Å². The lowest BCUT2D eigenvalue weighted by Gasteiger charge is -2.35. The van der Waals surface area contributed by atoms with E-state index in [-0.39, 0.29) is 12.5 Å². The molecule has 3 heterocycles. The summed E-state index contributed by atoms with van der Waals surface area (Å²) in [5.74, 6) is -2.09. The van der Waals surface area contributed by atoms with Gasteiger partial charge in [0.05, 0.1) is 0 Å². The Labute approximate surface area is 155 Å². The van der Waals surface area contributed by atoms with E-state index in [1.54, 1.807) is 30.1 Å². The van der Waals surface area contributed by atoms with Crippen LogP contribution in [0, 0.1) is 0 Å². The summed E-state index contributed by atoms with van der Waals surface area (Å²) in [7, 11) is 0. The van der Waals surface area contributed by atoms with Crippen LogP contribution in [-0.2, 0) is 20.9 Å². The third-order valence-electron chi connectivity index (χ3n) is 4.58. The van der Waals surface area contributed by atoms with Crippen molar-refractivity contribution in [2.75, 3.05) is 32.7 Å². The van der Waals surface area contributed by atoms with Crippen molar-refractivity contribution in [1.29, 1.82) is 0 Å². The standard InChI is InChI=1S/C17H22N4O4S/c1-12(2)21-16(24)15(23)20(17(21)25)11-14(22)19-7-5-18(6-8-19)10-13-4-3-9-26-13/h3-4,9,12H,5-8,10-11H2,1-2H3. The minimum atomic E-state index is -0.923. The average Bonchev–Trinajstić information content (AvgIpc) is 3.18. The first-order valence-electron chi connectivity index (χ1n) is 8.60. The van der Waals surface area contributed by atoms with Gasteiger partial charge in [0.25, 0.3) is 0 Å². The van der Waals surface area contributed by atoms with E-state index in [0.29, 0.717) is 13.1 Å². The zero-order chi connectivity index (χ0) is 18.8. The summed E-state index contributed by atoms with van der Waals surface area (Å²) < 4.78 is 0. The summed E-state index contributed by atoms with van der Waals surface area (Å²) in [6.45, 7) is 6.36. The van der Waals surface area contributed by atoms with Gasteiger partial charge in [-0.15, -0.1) is 11.3 Å². The number of hydrogen-bond donors (Lipinski definition) is 0. The number of imide groups is 2. The number of carbonyl (C=O) groups excluding carboxylic acids is 4. The molecule has 1 aromatic rings. The molecule has 0 bridgehead atoms. The summed E-state index contributed by atoms with van der Waals surface area (Å²) in [5.41, 5.74) is 0. The predicted octanol–water partition coefficient (Wildman–Crippen LogP) is 0.592. The molecule has 2 saturated heterocycles. The molecule has 2 fully saturated rings. The highest BCUT2D eigenvalue weighted by Crippen LogP contribution is 2.17. The number of carbonyl (C=O) groups is 4. The number of nitrogens with zero attached hydrogens (tertiary/aromatic N) is 4. The number of urea groups is 1. The zero-order valence-electron chi connectivity index (χ0n) is 14.9. The molecule has 0 saturated carbocycles. The number of thiophene rings is 1. The van der Waals surface area contributed by atoms with Gasteiger partial charge < -0.3 is 4.90 Å². The summed E-state index contributed by atoms with van der Waals surface area (Å²) in [4.78, 5) is 55.5. The normalized spacial score (nSPS) is 19.2. The number of piperazine rings is 1. The van der Waals surface area contributed by atoms with Crippen molar-refractivity contribution < 1.29 is 19.2 Å². The Morgan fingerprint density at radius 2 is 1.81 bits per heavy atom.